The lowest BCUT2D eigenvalue weighted by Crippen LogP contribution is -2.37. The van der Waals surface area contributed by atoms with Gasteiger partial charge in [0.2, 0.25) is 0 Å². The van der Waals surface area contributed by atoms with Gasteiger partial charge in [-0.2, -0.15) is 13.2 Å². The third-order valence-corrected chi connectivity index (χ3v) is 2.38. The third-order valence-electron chi connectivity index (χ3n) is 2.38. The van der Waals surface area contributed by atoms with Gasteiger partial charge in [0, 0.05) is 13.2 Å². The Morgan fingerprint density at radius 3 is 2.68 bits per heavy atom. The van der Waals surface area contributed by atoms with Crippen molar-refractivity contribution < 1.29 is 32.2 Å². The van der Waals surface area contributed by atoms with Gasteiger partial charge in [-0.05, 0) is 20.3 Å². The largest absolute Gasteiger partial charge is 0.471 e. The van der Waals surface area contributed by atoms with Crippen molar-refractivity contribution in [1.82, 2.24) is 5.32 Å². The Kier molecular flexibility index (Phi) is 5.57. The van der Waals surface area contributed by atoms with Crippen LogP contribution in [0.25, 0.3) is 0 Å². The van der Waals surface area contributed by atoms with E-state index >= 15 is 0 Å². The number of hydrogen-bond donors (Lipinski definition) is 1. The number of carbonyl (C=O) groups is 1. The zero-order valence-electron chi connectivity index (χ0n) is 10.9. The number of ether oxygens (including phenoxy) is 3. The van der Waals surface area contributed by atoms with Crippen LogP contribution in [0.3, 0.4) is 0 Å². The maximum atomic E-state index is 11.8. The van der Waals surface area contributed by atoms with E-state index in [9.17, 15) is 18.0 Å². The van der Waals surface area contributed by atoms with Gasteiger partial charge in [0.1, 0.15) is 6.10 Å². The highest BCUT2D eigenvalue weighted by atomic mass is 19.4. The van der Waals surface area contributed by atoms with E-state index in [4.69, 9.17) is 14.2 Å². The number of nitrogens with one attached hydrogen (secondary N) is 1. The number of rotatable bonds is 6. The van der Waals surface area contributed by atoms with Gasteiger partial charge in [-0.25, -0.2) is 0 Å². The van der Waals surface area contributed by atoms with Gasteiger partial charge in [0.25, 0.3) is 0 Å². The molecule has 0 aromatic rings. The molecule has 112 valence electrons. The smallest absolute Gasteiger partial charge is 0.379 e. The van der Waals surface area contributed by atoms with Crippen molar-refractivity contribution in [3.63, 3.8) is 0 Å². The minimum atomic E-state index is -4.83. The fourth-order valence-corrected chi connectivity index (χ4v) is 1.54. The molecule has 0 aromatic carbocycles. The standard InChI is InChI=1S/C11H18F3NO4/c1-10(2)18-7-8(19-10)6-17-5-3-4-15-9(16)11(12,13)14/h8H,3-7H2,1-2H3,(H,15,16). The van der Waals surface area contributed by atoms with Crippen LogP contribution in [-0.4, -0.2) is 50.3 Å². The van der Waals surface area contributed by atoms with E-state index in [1.54, 1.807) is 19.2 Å². The Hall–Kier alpha value is -0.860. The summed E-state index contributed by atoms with van der Waals surface area (Å²) in [6.45, 7) is 4.50. The lowest BCUT2D eigenvalue weighted by Gasteiger charge is -2.17. The van der Waals surface area contributed by atoms with E-state index in [0.717, 1.165) is 0 Å². The second-order valence-corrected chi connectivity index (χ2v) is 4.63. The Morgan fingerprint density at radius 1 is 1.47 bits per heavy atom. The maximum Gasteiger partial charge on any atom is 0.471 e. The van der Waals surface area contributed by atoms with E-state index in [0.29, 0.717) is 19.6 Å². The fraction of sp³-hybridized carbons (Fsp3) is 0.909. The van der Waals surface area contributed by atoms with Crippen LogP contribution in [0.2, 0.25) is 0 Å². The van der Waals surface area contributed by atoms with Crippen molar-refractivity contribution in [2.75, 3.05) is 26.4 Å². The second-order valence-electron chi connectivity index (χ2n) is 4.63. The average molecular weight is 285 g/mol. The first-order valence-electron chi connectivity index (χ1n) is 5.95. The molecule has 0 radical (unpaired) electrons. The molecule has 0 bridgehead atoms. The summed E-state index contributed by atoms with van der Waals surface area (Å²) in [5.74, 6) is -2.55. The van der Waals surface area contributed by atoms with Gasteiger partial charge in [0.05, 0.1) is 13.2 Å². The summed E-state index contributed by atoms with van der Waals surface area (Å²) in [4.78, 5) is 10.5. The normalized spacial score (nSPS) is 22.5. The molecule has 1 aliphatic heterocycles. The molecule has 1 fully saturated rings. The molecule has 19 heavy (non-hydrogen) atoms. The first kappa shape index (κ1) is 16.2. The predicted molar refractivity (Wildman–Crippen MR) is 59.4 cm³/mol. The number of amides is 1. The SMILES string of the molecule is CC1(C)OCC(COCCCNC(=O)C(F)(F)F)O1. The number of alkyl halides is 3. The molecular formula is C11H18F3NO4. The minimum Gasteiger partial charge on any atom is -0.379 e. The van der Waals surface area contributed by atoms with Crippen molar-refractivity contribution in [3.05, 3.63) is 0 Å². The number of carbonyl (C=O) groups excluding carboxylic acids is 1. The topological polar surface area (TPSA) is 56.8 Å². The quantitative estimate of drug-likeness (QED) is 0.746. The monoisotopic (exact) mass is 285 g/mol. The van der Waals surface area contributed by atoms with Gasteiger partial charge in [-0.3, -0.25) is 4.79 Å². The Balaban J connectivity index is 1.99. The summed E-state index contributed by atoms with van der Waals surface area (Å²) < 4.78 is 51.5. The molecular weight excluding hydrogens is 267 g/mol. The first-order valence-corrected chi connectivity index (χ1v) is 5.95. The van der Waals surface area contributed by atoms with Crippen LogP contribution in [0.4, 0.5) is 13.2 Å². The Morgan fingerprint density at radius 2 is 2.16 bits per heavy atom. The van der Waals surface area contributed by atoms with E-state index in [1.165, 1.54) is 0 Å². The molecule has 1 atom stereocenters. The van der Waals surface area contributed by atoms with Crippen LogP contribution in [-0.2, 0) is 19.0 Å². The molecule has 1 saturated heterocycles. The molecule has 5 nitrogen and oxygen atoms in total. The van der Waals surface area contributed by atoms with Crippen LogP contribution in [0, 0.1) is 0 Å². The molecule has 1 N–H and O–H groups in total. The van der Waals surface area contributed by atoms with Gasteiger partial charge >= 0.3 is 12.1 Å². The summed E-state index contributed by atoms with van der Waals surface area (Å²) in [5, 5.41) is 1.76. The molecule has 8 heteroatoms. The summed E-state index contributed by atoms with van der Waals surface area (Å²) >= 11 is 0. The molecule has 1 unspecified atom stereocenters. The summed E-state index contributed by atoms with van der Waals surface area (Å²) in [6, 6.07) is 0. The molecule has 0 aliphatic carbocycles. The second kappa shape index (κ2) is 6.53. The van der Waals surface area contributed by atoms with Crippen molar-refractivity contribution in [1.29, 1.82) is 0 Å². The van der Waals surface area contributed by atoms with Gasteiger partial charge in [0.15, 0.2) is 5.79 Å². The summed E-state index contributed by atoms with van der Waals surface area (Å²) in [7, 11) is 0. The molecule has 0 spiro atoms. The molecule has 0 saturated carbocycles. The van der Waals surface area contributed by atoms with Crippen LogP contribution in [0.5, 0.6) is 0 Å². The maximum absolute atomic E-state index is 11.8. The van der Waals surface area contributed by atoms with Crippen molar-refractivity contribution >= 4 is 5.91 Å². The Bertz CT molecular complexity index is 307. The average Bonchev–Trinajstić information content (AvgIpc) is 2.61. The lowest BCUT2D eigenvalue weighted by atomic mass is 10.4. The lowest BCUT2D eigenvalue weighted by molar-refractivity contribution is -0.173. The van der Waals surface area contributed by atoms with Crippen LogP contribution in [0.15, 0.2) is 0 Å². The fourth-order valence-electron chi connectivity index (χ4n) is 1.54. The van der Waals surface area contributed by atoms with E-state index in [-0.39, 0.29) is 19.3 Å². The van der Waals surface area contributed by atoms with E-state index in [1.807, 2.05) is 0 Å². The van der Waals surface area contributed by atoms with E-state index < -0.39 is 17.9 Å². The molecule has 1 heterocycles. The van der Waals surface area contributed by atoms with Crippen LogP contribution >= 0.6 is 0 Å². The van der Waals surface area contributed by atoms with Gasteiger partial charge < -0.3 is 19.5 Å². The summed E-state index contributed by atoms with van der Waals surface area (Å²) in [5.41, 5.74) is 0. The molecule has 1 aliphatic rings. The molecule has 0 aromatic heterocycles. The van der Waals surface area contributed by atoms with Crippen molar-refractivity contribution in [3.8, 4) is 0 Å². The summed E-state index contributed by atoms with van der Waals surface area (Å²) in [6.07, 6.45) is -4.69. The molecule has 1 amide bonds. The minimum absolute atomic E-state index is 0.0775. The first-order chi connectivity index (χ1) is 8.71. The third kappa shape index (κ3) is 6.22. The van der Waals surface area contributed by atoms with Crippen LogP contribution < -0.4 is 5.32 Å². The molecule has 1 rings (SSSR count). The number of halogens is 3. The highest BCUT2D eigenvalue weighted by Crippen LogP contribution is 2.22. The van der Waals surface area contributed by atoms with Gasteiger partial charge in [-0.1, -0.05) is 0 Å². The Labute approximate surface area is 109 Å². The number of hydrogen-bond acceptors (Lipinski definition) is 4. The zero-order chi connectivity index (χ0) is 14.5. The van der Waals surface area contributed by atoms with E-state index in [2.05, 4.69) is 0 Å². The highest BCUT2D eigenvalue weighted by Gasteiger charge is 2.38. The van der Waals surface area contributed by atoms with Crippen molar-refractivity contribution in [2.45, 2.75) is 38.3 Å². The predicted octanol–water partition coefficient (Wildman–Crippen LogP) is 1.22. The zero-order valence-corrected chi connectivity index (χ0v) is 10.9. The highest BCUT2D eigenvalue weighted by molar-refractivity contribution is 5.81. The van der Waals surface area contributed by atoms with Crippen LogP contribution in [0.1, 0.15) is 20.3 Å². The van der Waals surface area contributed by atoms with Crippen molar-refractivity contribution in [2.24, 2.45) is 0 Å². The van der Waals surface area contributed by atoms with Gasteiger partial charge in [-0.15, -0.1) is 0 Å².